The first-order chi connectivity index (χ1) is 50.2. The number of amides is 4. The summed E-state index contributed by atoms with van der Waals surface area (Å²) in [5, 5.41) is 4.59. The van der Waals surface area contributed by atoms with Gasteiger partial charge in [0, 0.05) is 22.8 Å². The second-order valence-electron chi connectivity index (χ2n) is 32.2. The summed E-state index contributed by atoms with van der Waals surface area (Å²) < 4.78 is 0. The maximum absolute atomic E-state index is 15.9. The first-order valence-corrected chi connectivity index (χ1v) is 47.8. The van der Waals surface area contributed by atoms with Crippen molar-refractivity contribution in [3.8, 4) is 29.3 Å². The number of nitrogens with zero attached hydrogens (tertiary/aromatic N) is 2. The van der Waals surface area contributed by atoms with Crippen molar-refractivity contribution in [3.05, 3.63) is 56.3 Å². The van der Waals surface area contributed by atoms with E-state index in [0.717, 1.165) is 106 Å². The van der Waals surface area contributed by atoms with Crippen molar-refractivity contribution >= 4 is 69.0 Å². The van der Waals surface area contributed by atoms with Crippen LogP contribution < -0.4 is 0 Å². The van der Waals surface area contributed by atoms with Crippen LogP contribution in [-0.4, -0.2) is 46.5 Å². The standard InChI is InChI=1S/C92H152N2O4S4/c1-7-13-19-25-31-37-41-47-53-59-65-75(63-57-51-45-35-29-23-17-11-5)71-93-89(95)81-83(91(93)97)87(101-85(81)79-69-77(73-99-79)67-61-55-49-43-39-33-27-21-15-9-3)88-84-82(86(102-88)80-70-78(74-100-80)68-62-56-50-44-40-34-28-22-16-10-4)90(96)94(92(84)98)72-76(64-58-52-46-36-30-24-18-12-6)66-60-54-48-42-38-32-26-20-14-8-2/h69-70,73-76H,7-68,71-72H2,1-6H3. The molecule has 6 nitrogen and oxygen atoms in total. The van der Waals surface area contributed by atoms with Crippen molar-refractivity contribution in [2.45, 2.75) is 440 Å². The summed E-state index contributed by atoms with van der Waals surface area (Å²) in [6.07, 6.45) is 78.0. The Morgan fingerprint density at radius 3 is 0.676 bits per heavy atom. The molecular weight excluding hydrogens is 1330 g/mol. The third-order valence-corrected chi connectivity index (χ3v) is 27.9. The van der Waals surface area contributed by atoms with Crippen molar-refractivity contribution in [1.29, 1.82) is 0 Å². The van der Waals surface area contributed by atoms with Crippen molar-refractivity contribution < 1.29 is 19.2 Å². The molecule has 4 amide bonds. The molecule has 0 fully saturated rings. The lowest BCUT2D eigenvalue weighted by Crippen LogP contribution is -2.35. The Morgan fingerprint density at radius 2 is 0.451 bits per heavy atom. The van der Waals surface area contributed by atoms with Crippen LogP contribution in [0.15, 0.2) is 22.9 Å². The average Bonchev–Trinajstić information content (AvgIpc) is 1.55. The molecule has 578 valence electrons. The Balaban J connectivity index is 1.34. The SMILES string of the molecule is CCCCCCCCCCCCc1csc(-c2sc(-c3sc(-c4cc(CCCCCCCCCCCC)cs4)c4c3C(=O)N(CC(CCCCCCCCCC)CCCCCCCCCCCC)C4=O)c3c2C(=O)N(CC(CCCCCCCCCC)CCCCCCCCCCCC)C3=O)c1. The quantitative estimate of drug-likeness (QED) is 0.0326. The Hall–Kier alpha value is -2.92. The fraction of sp³-hybridized carbons (Fsp3) is 0.783. The largest absolute Gasteiger partial charge is 0.274 e. The van der Waals surface area contributed by atoms with Gasteiger partial charge in [-0.05, 0) is 97.2 Å². The van der Waals surface area contributed by atoms with Gasteiger partial charge in [-0.1, -0.05) is 388 Å². The van der Waals surface area contributed by atoms with Crippen molar-refractivity contribution in [3.63, 3.8) is 0 Å². The Morgan fingerprint density at radius 1 is 0.255 bits per heavy atom. The van der Waals surface area contributed by atoms with Crippen LogP contribution in [0.4, 0.5) is 0 Å². The van der Waals surface area contributed by atoms with Gasteiger partial charge in [0.15, 0.2) is 0 Å². The van der Waals surface area contributed by atoms with Gasteiger partial charge in [-0.25, -0.2) is 0 Å². The van der Waals surface area contributed by atoms with Crippen LogP contribution in [0.1, 0.15) is 479 Å². The zero-order valence-corrected chi connectivity index (χ0v) is 70.1. The maximum atomic E-state index is 15.9. The van der Waals surface area contributed by atoms with Crippen LogP contribution in [0.5, 0.6) is 0 Å². The van der Waals surface area contributed by atoms with Crippen molar-refractivity contribution in [2.75, 3.05) is 13.1 Å². The molecule has 6 heterocycles. The first-order valence-electron chi connectivity index (χ1n) is 44.4. The minimum atomic E-state index is -0.201. The molecule has 0 saturated carbocycles. The number of unbranched alkanes of at least 4 members (excludes halogenated alkanes) is 50. The van der Waals surface area contributed by atoms with Gasteiger partial charge in [0.05, 0.1) is 41.8 Å². The Bertz CT molecular complexity index is 2640. The summed E-state index contributed by atoms with van der Waals surface area (Å²) in [4.78, 5) is 71.9. The second kappa shape index (κ2) is 55.5. The second-order valence-corrected chi connectivity index (χ2v) is 36.0. The van der Waals surface area contributed by atoms with Gasteiger partial charge in [-0.15, -0.1) is 45.3 Å². The lowest BCUT2D eigenvalue weighted by molar-refractivity contribution is 0.0606. The highest BCUT2D eigenvalue weighted by atomic mass is 32.1. The molecule has 6 rings (SSSR count). The molecule has 4 aromatic heterocycles. The fourth-order valence-electron chi connectivity index (χ4n) is 16.4. The normalized spacial score (nSPS) is 13.7. The topological polar surface area (TPSA) is 74.8 Å². The molecular formula is C92H152N2O4S4. The summed E-state index contributed by atoms with van der Waals surface area (Å²) in [7, 11) is 0. The van der Waals surface area contributed by atoms with E-state index in [4.69, 9.17) is 0 Å². The van der Waals surface area contributed by atoms with Crippen LogP contribution in [0.3, 0.4) is 0 Å². The predicted octanol–water partition coefficient (Wildman–Crippen LogP) is 32.0. The third kappa shape index (κ3) is 32.1. The number of carbonyl (C=O) groups excluding carboxylic acids is 4. The van der Waals surface area contributed by atoms with E-state index in [1.54, 1.807) is 55.1 Å². The fourth-order valence-corrected chi connectivity index (χ4v) is 21.3. The molecule has 0 spiro atoms. The van der Waals surface area contributed by atoms with Crippen LogP contribution in [0.25, 0.3) is 29.3 Å². The van der Waals surface area contributed by atoms with Gasteiger partial charge in [-0.2, -0.15) is 0 Å². The molecule has 2 aliphatic rings. The van der Waals surface area contributed by atoms with E-state index in [1.165, 1.54) is 332 Å². The van der Waals surface area contributed by atoms with Gasteiger partial charge in [-0.3, -0.25) is 29.0 Å². The lowest BCUT2D eigenvalue weighted by Gasteiger charge is -2.23. The summed E-state index contributed by atoms with van der Waals surface area (Å²) in [6.45, 7) is 14.6. The Labute approximate surface area is 643 Å². The Kier molecular flexibility index (Phi) is 47.9. The molecule has 0 aromatic carbocycles. The van der Waals surface area contributed by atoms with E-state index in [0.29, 0.717) is 35.3 Å². The number of fused-ring (bicyclic) bond motifs is 2. The molecule has 0 aliphatic carbocycles. The molecule has 2 unspecified atom stereocenters. The van der Waals surface area contributed by atoms with E-state index in [2.05, 4.69) is 64.4 Å². The third-order valence-electron chi connectivity index (χ3n) is 23.0. The van der Waals surface area contributed by atoms with Gasteiger partial charge < -0.3 is 0 Å². The number of hydrogen-bond donors (Lipinski definition) is 0. The average molecular weight is 1480 g/mol. The highest BCUT2D eigenvalue weighted by Crippen LogP contribution is 2.55. The smallest absolute Gasteiger partial charge is 0.263 e. The van der Waals surface area contributed by atoms with E-state index >= 15 is 19.2 Å². The minimum Gasteiger partial charge on any atom is -0.274 e. The van der Waals surface area contributed by atoms with Gasteiger partial charge in [0.1, 0.15) is 0 Å². The van der Waals surface area contributed by atoms with Gasteiger partial charge in [0.25, 0.3) is 23.6 Å². The van der Waals surface area contributed by atoms with E-state index < -0.39 is 0 Å². The molecule has 0 saturated heterocycles. The molecule has 0 bridgehead atoms. The van der Waals surface area contributed by atoms with Crippen molar-refractivity contribution in [2.24, 2.45) is 11.8 Å². The molecule has 2 aliphatic heterocycles. The number of carbonyl (C=O) groups is 4. The van der Waals surface area contributed by atoms with Crippen LogP contribution >= 0.6 is 45.3 Å². The first kappa shape index (κ1) is 88.0. The number of rotatable bonds is 69. The summed E-state index contributed by atoms with van der Waals surface area (Å²) in [5.74, 6) is -0.258. The number of hydrogen-bond acceptors (Lipinski definition) is 8. The molecule has 2 atom stereocenters. The number of imide groups is 2. The van der Waals surface area contributed by atoms with Crippen LogP contribution in [0.2, 0.25) is 0 Å². The van der Waals surface area contributed by atoms with Crippen LogP contribution in [0, 0.1) is 11.8 Å². The molecule has 4 aromatic rings. The van der Waals surface area contributed by atoms with Gasteiger partial charge >= 0.3 is 0 Å². The highest BCUT2D eigenvalue weighted by Gasteiger charge is 2.48. The molecule has 0 N–H and O–H groups in total. The van der Waals surface area contributed by atoms with Crippen LogP contribution in [-0.2, 0) is 12.8 Å². The summed E-state index contributed by atoms with van der Waals surface area (Å²) in [5.41, 5.74) is 4.62. The molecule has 0 radical (unpaired) electrons. The summed E-state index contributed by atoms with van der Waals surface area (Å²) >= 11 is 6.52. The zero-order valence-electron chi connectivity index (χ0n) is 66.9. The monoisotopic (exact) mass is 1480 g/mol. The van der Waals surface area contributed by atoms with E-state index in [-0.39, 0.29) is 35.5 Å². The molecule has 102 heavy (non-hydrogen) atoms. The van der Waals surface area contributed by atoms with E-state index in [1.807, 2.05) is 0 Å². The minimum absolute atomic E-state index is 0.163. The molecule has 10 heteroatoms. The van der Waals surface area contributed by atoms with E-state index in [9.17, 15) is 0 Å². The van der Waals surface area contributed by atoms with Crippen molar-refractivity contribution in [1.82, 2.24) is 9.80 Å². The summed E-state index contributed by atoms with van der Waals surface area (Å²) in [6, 6.07) is 4.63. The predicted molar refractivity (Wildman–Crippen MR) is 450 cm³/mol. The zero-order chi connectivity index (χ0) is 72.5. The number of aryl methyl sites for hydroxylation is 2. The lowest BCUT2D eigenvalue weighted by atomic mass is 9.93. The number of thiophene rings is 4. The highest BCUT2D eigenvalue weighted by molar-refractivity contribution is 7.29. The van der Waals surface area contributed by atoms with Gasteiger partial charge in [0.2, 0.25) is 0 Å². The maximum Gasteiger partial charge on any atom is 0.263 e.